The Balaban J connectivity index is 1.55. The summed E-state index contributed by atoms with van der Waals surface area (Å²) in [6, 6.07) is 13.2. The number of rotatable bonds is 4. The highest BCUT2D eigenvalue weighted by Crippen LogP contribution is 2.56. The molecule has 1 aromatic heterocycles. The normalized spacial score (nSPS) is 26.6. The molecule has 0 saturated carbocycles. The van der Waals surface area contributed by atoms with E-state index in [9.17, 15) is 14.7 Å². The Bertz CT molecular complexity index is 1230. The fourth-order valence-corrected chi connectivity index (χ4v) is 6.38. The second-order valence-electron chi connectivity index (χ2n) is 8.84. The van der Waals surface area contributed by atoms with Crippen molar-refractivity contribution in [2.75, 3.05) is 5.32 Å². The van der Waals surface area contributed by atoms with Crippen molar-refractivity contribution in [2.45, 2.75) is 49.4 Å². The van der Waals surface area contributed by atoms with Crippen molar-refractivity contribution in [2.24, 2.45) is 0 Å². The lowest BCUT2D eigenvalue weighted by molar-refractivity contribution is -0.163. The molecule has 31 heavy (non-hydrogen) atoms. The molecule has 0 aliphatic carbocycles. The standard InChI is InChI=1S/C23H23N3O4S/c1-12-16(17(25-30-12)15-11-7-9-13-8-5-6-10-14(13)15)24-23(4)20(29)26-18(19(27)28)22(2,3)31-21(23)26/h5-11,18,21,24H,1-4H3,(H,27,28)/t18-,21+,23-/m0/s1. The monoisotopic (exact) mass is 437 g/mol. The summed E-state index contributed by atoms with van der Waals surface area (Å²) in [7, 11) is 0. The average Bonchev–Trinajstić information content (AvgIpc) is 3.22. The zero-order valence-electron chi connectivity index (χ0n) is 17.7. The number of amides is 1. The van der Waals surface area contributed by atoms with Crippen LogP contribution in [0.5, 0.6) is 0 Å². The van der Waals surface area contributed by atoms with E-state index in [2.05, 4.69) is 10.5 Å². The van der Waals surface area contributed by atoms with Gasteiger partial charge >= 0.3 is 5.97 Å². The van der Waals surface area contributed by atoms with Crippen LogP contribution in [-0.4, -0.2) is 48.7 Å². The highest BCUT2D eigenvalue weighted by molar-refractivity contribution is 8.01. The van der Waals surface area contributed by atoms with Gasteiger partial charge in [0, 0.05) is 10.3 Å². The lowest BCUT2D eigenvalue weighted by atomic mass is 9.85. The van der Waals surface area contributed by atoms with Crippen LogP contribution < -0.4 is 5.32 Å². The van der Waals surface area contributed by atoms with E-state index in [1.807, 2.05) is 63.2 Å². The molecule has 2 aliphatic heterocycles. The molecule has 2 fully saturated rings. The Morgan fingerprint density at radius 2 is 1.90 bits per heavy atom. The minimum atomic E-state index is -0.979. The molecule has 5 rings (SSSR count). The predicted octanol–water partition coefficient (Wildman–Crippen LogP) is 4.12. The molecule has 1 amide bonds. The largest absolute Gasteiger partial charge is 0.480 e. The van der Waals surface area contributed by atoms with Crippen molar-refractivity contribution in [3.8, 4) is 11.3 Å². The minimum Gasteiger partial charge on any atom is -0.480 e. The zero-order valence-corrected chi connectivity index (χ0v) is 18.5. The van der Waals surface area contributed by atoms with Crippen molar-refractivity contribution in [1.82, 2.24) is 10.1 Å². The van der Waals surface area contributed by atoms with E-state index in [-0.39, 0.29) is 11.3 Å². The Labute approximate surface area is 183 Å². The van der Waals surface area contributed by atoms with Gasteiger partial charge in [0.15, 0.2) is 5.76 Å². The van der Waals surface area contributed by atoms with Gasteiger partial charge in [0.05, 0.1) is 0 Å². The molecule has 2 saturated heterocycles. The second kappa shape index (κ2) is 6.50. The van der Waals surface area contributed by atoms with Gasteiger partial charge in [-0.05, 0) is 38.5 Å². The number of hydrogen-bond donors (Lipinski definition) is 2. The van der Waals surface area contributed by atoms with E-state index in [0.717, 1.165) is 16.3 Å². The number of β-lactam (4-membered cyclic amide) rings is 1. The fourth-order valence-electron chi connectivity index (χ4n) is 4.73. The predicted molar refractivity (Wildman–Crippen MR) is 120 cm³/mol. The third-order valence-electron chi connectivity index (χ3n) is 6.30. The second-order valence-corrected chi connectivity index (χ2v) is 10.6. The van der Waals surface area contributed by atoms with Crippen LogP contribution >= 0.6 is 11.8 Å². The maximum absolute atomic E-state index is 13.2. The summed E-state index contributed by atoms with van der Waals surface area (Å²) in [5.74, 6) is -0.632. The Morgan fingerprint density at radius 3 is 2.65 bits per heavy atom. The molecule has 0 unspecified atom stereocenters. The number of anilines is 1. The molecule has 0 spiro atoms. The molecular formula is C23H23N3O4S. The topological polar surface area (TPSA) is 95.7 Å². The SMILES string of the molecule is Cc1onc(-c2cccc3ccccc23)c1N[C@@]1(C)C(=O)N2[C@@H](C(=O)O)C(C)(C)S[C@@H]21. The molecule has 3 aromatic rings. The first-order valence-electron chi connectivity index (χ1n) is 10.1. The van der Waals surface area contributed by atoms with E-state index in [1.165, 1.54) is 16.7 Å². The van der Waals surface area contributed by atoms with Crippen LogP contribution in [0.1, 0.15) is 26.5 Å². The van der Waals surface area contributed by atoms with E-state index < -0.39 is 22.3 Å². The van der Waals surface area contributed by atoms with Gasteiger partial charge in [-0.3, -0.25) is 4.79 Å². The van der Waals surface area contributed by atoms with Crippen LogP contribution in [-0.2, 0) is 9.59 Å². The number of nitrogens with zero attached hydrogens (tertiary/aromatic N) is 2. The maximum atomic E-state index is 13.2. The van der Waals surface area contributed by atoms with E-state index in [0.29, 0.717) is 17.1 Å². The summed E-state index contributed by atoms with van der Waals surface area (Å²) in [5, 5.41) is 19.2. The highest BCUT2D eigenvalue weighted by atomic mass is 32.2. The van der Waals surface area contributed by atoms with Crippen LogP contribution in [0.25, 0.3) is 22.0 Å². The van der Waals surface area contributed by atoms with Gasteiger partial charge in [0.2, 0.25) is 0 Å². The molecule has 0 radical (unpaired) electrons. The lowest BCUT2D eigenvalue weighted by Crippen LogP contribution is -2.75. The number of aromatic nitrogens is 1. The molecule has 160 valence electrons. The maximum Gasteiger partial charge on any atom is 0.327 e. The molecule has 2 aliphatic rings. The molecule has 8 heteroatoms. The highest BCUT2D eigenvalue weighted by Gasteiger charge is 2.69. The van der Waals surface area contributed by atoms with Crippen LogP contribution in [0.4, 0.5) is 5.69 Å². The number of nitrogens with one attached hydrogen (secondary N) is 1. The third kappa shape index (κ3) is 2.70. The van der Waals surface area contributed by atoms with E-state index in [1.54, 1.807) is 6.92 Å². The van der Waals surface area contributed by atoms with Gasteiger partial charge in [0.25, 0.3) is 5.91 Å². The minimum absolute atomic E-state index is 0.229. The lowest BCUT2D eigenvalue weighted by Gasteiger charge is -2.51. The first-order chi connectivity index (χ1) is 14.6. The summed E-state index contributed by atoms with van der Waals surface area (Å²) in [5.41, 5.74) is 1.25. The number of carbonyl (C=O) groups excluding carboxylic acids is 1. The summed E-state index contributed by atoms with van der Waals surface area (Å²) < 4.78 is 4.93. The number of carboxylic acids is 1. The number of thioether (sulfide) groups is 1. The molecule has 2 aromatic carbocycles. The quantitative estimate of drug-likeness (QED) is 0.593. The number of carboxylic acid groups (broad SMARTS) is 1. The van der Waals surface area contributed by atoms with Crippen LogP contribution in [0.15, 0.2) is 47.0 Å². The number of aliphatic carboxylic acids is 1. The first kappa shape index (κ1) is 19.9. The summed E-state index contributed by atoms with van der Waals surface area (Å²) in [6.07, 6.45) is 0. The summed E-state index contributed by atoms with van der Waals surface area (Å²) in [4.78, 5) is 26.5. The Hall–Kier alpha value is -3.00. The van der Waals surface area contributed by atoms with Crippen LogP contribution in [0.3, 0.4) is 0 Å². The third-order valence-corrected chi connectivity index (χ3v) is 8.06. The van der Waals surface area contributed by atoms with Crippen molar-refractivity contribution < 1.29 is 19.2 Å². The van der Waals surface area contributed by atoms with Crippen molar-refractivity contribution in [1.29, 1.82) is 0 Å². The number of hydrogen-bond acceptors (Lipinski definition) is 6. The van der Waals surface area contributed by atoms with Gasteiger partial charge in [-0.25, -0.2) is 4.79 Å². The summed E-state index contributed by atoms with van der Waals surface area (Å²) >= 11 is 1.51. The number of aryl methyl sites for hydroxylation is 1. The van der Waals surface area contributed by atoms with Gasteiger partial charge in [-0.15, -0.1) is 11.8 Å². The van der Waals surface area contributed by atoms with Gasteiger partial charge in [-0.1, -0.05) is 47.6 Å². The zero-order chi connectivity index (χ0) is 22.1. The van der Waals surface area contributed by atoms with Crippen molar-refractivity contribution >= 4 is 40.1 Å². The Kier molecular flexibility index (Phi) is 4.18. The van der Waals surface area contributed by atoms with E-state index in [4.69, 9.17) is 4.52 Å². The number of carbonyl (C=O) groups is 2. The van der Waals surface area contributed by atoms with Gasteiger partial charge in [0.1, 0.15) is 28.3 Å². The van der Waals surface area contributed by atoms with Gasteiger partial charge in [-0.2, -0.15) is 0 Å². The molecular weight excluding hydrogens is 414 g/mol. The van der Waals surface area contributed by atoms with Crippen molar-refractivity contribution in [3.63, 3.8) is 0 Å². The number of fused-ring (bicyclic) bond motifs is 2. The van der Waals surface area contributed by atoms with E-state index >= 15 is 0 Å². The van der Waals surface area contributed by atoms with Crippen LogP contribution in [0, 0.1) is 6.92 Å². The average molecular weight is 438 g/mol. The molecule has 0 bridgehead atoms. The summed E-state index contributed by atoms with van der Waals surface area (Å²) in [6.45, 7) is 7.37. The van der Waals surface area contributed by atoms with Crippen LogP contribution in [0.2, 0.25) is 0 Å². The van der Waals surface area contributed by atoms with Crippen molar-refractivity contribution in [3.05, 3.63) is 48.2 Å². The van der Waals surface area contributed by atoms with Gasteiger partial charge < -0.3 is 19.8 Å². The molecule has 3 atom stereocenters. The molecule has 3 heterocycles. The first-order valence-corrected chi connectivity index (χ1v) is 11.0. The smallest absolute Gasteiger partial charge is 0.327 e. The number of benzene rings is 2. The Morgan fingerprint density at radius 1 is 1.19 bits per heavy atom. The fraction of sp³-hybridized carbons (Fsp3) is 0.348. The molecule has 7 nitrogen and oxygen atoms in total. The molecule has 2 N–H and O–H groups in total.